The van der Waals surface area contributed by atoms with Gasteiger partial charge in [0, 0.05) is 16.8 Å². The van der Waals surface area contributed by atoms with Gasteiger partial charge < -0.3 is 15.8 Å². The Labute approximate surface area is 138 Å². The van der Waals surface area contributed by atoms with Crippen LogP contribution < -0.4 is 15.8 Å². The van der Waals surface area contributed by atoms with Crippen molar-refractivity contribution in [3.63, 3.8) is 0 Å². The normalized spacial score (nSPS) is 10.6. The first-order chi connectivity index (χ1) is 10.7. The Morgan fingerprint density at radius 3 is 2.73 bits per heavy atom. The van der Waals surface area contributed by atoms with Gasteiger partial charge in [0.2, 0.25) is 5.95 Å². The second kappa shape index (κ2) is 8.35. The average Bonchev–Trinajstić information content (AvgIpc) is 2.52. The highest BCUT2D eigenvalue weighted by atomic mass is 32.2. The van der Waals surface area contributed by atoms with Crippen LogP contribution in [0.25, 0.3) is 0 Å². The van der Waals surface area contributed by atoms with E-state index in [1.807, 2.05) is 42.7 Å². The van der Waals surface area contributed by atoms with Crippen LogP contribution >= 0.6 is 23.7 Å². The third kappa shape index (κ3) is 5.34. The molecule has 2 rings (SSSR count). The summed E-state index contributed by atoms with van der Waals surface area (Å²) in [7, 11) is 0. The molecule has 0 aliphatic heterocycles. The Bertz CT molecular complexity index is 655. The maximum atomic E-state index is 5.55. The first kappa shape index (κ1) is 16.3. The molecule has 0 saturated carbocycles. The van der Waals surface area contributed by atoms with E-state index in [2.05, 4.69) is 26.6 Å². The summed E-state index contributed by atoms with van der Waals surface area (Å²) in [6, 6.07) is 9.74. The van der Waals surface area contributed by atoms with Gasteiger partial charge in [0.1, 0.15) is 5.82 Å². The predicted octanol–water partition coefficient (Wildman–Crippen LogP) is 4.14. The van der Waals surface area contributed by atoms with Crippen LogP contribution in [-0.2, 0) is 0 Å². The minimum Gasteiger partial charge on any atom is -0.368 e. The van der Waals surface area contributed by atoms with Crippen molar-refractivity contribution in [2.45, 2.75) is 11.8 Å². The molecule has 1 aromatic heterocycles. The van der Waals surface area contributed by atoms with E-state index in [1.165, 1.54) is 11.9 Å². The summed E-state index contributed by atoms with van der Waals surface area (Å²) in [5, 5.41) is 6.05. The second-order valence-corrected chi connectivity index (χ2v) is 6.04. The number of allylic oxidation sites excluding steroid dienone is 1. The van der Waals surface area contributed by atoms with Crippen molar-refractivity contribution in [3.8, 4) is 0 Å². The number of aromatic nitrogens is 2. The van der Waals surface area contributed by atoms with Crippen molar-refractivity contribution < 1.29 is 0 Å². The van der Waals surface area contributed by atoms with Crippen LogP contribution in [0.3, 0.4) is 0 Å². The molecular formula is C15H17N5S2. The lowest BCUT2D eigenvalue weighted by Crippen LogP contribution is -1.99. The summed E-state index contributed by atoms with van der Waals surface area (Å²) in [6.07, 6.45) is 3.59. The van der Waals surface area contributed by atoms with E-state index in [1.54, 1.807) is 24.0 Å². The Morgan fingerprint density at radius 2 is 2.05 bits per heavy atom. The topological polar surface area (TPSA) is 75.9 Å². The van der Waals surface area contributed by atoms with Crippen LogP contribution in [0.15, 0.2) is 64.5 Å². The first-order valence-electron chi connectivity index (χ1n) is 6.52. The number of nitrogens with zero attached hydrogens (tertiary/aromatic N) is 2. The molecule has 0 radical (unpaired) electrons. The molecule has 0 aliphatic rings. The molecule has 0 unspecified atom stereocenters. The number of rotatable bonds is 7. The SMILES string of the molecule is C=C(NSc1ccc(Nc2ccnc(N)n2)cc1)S/C=C\C. The van der Waals surface area contributed by atoms with E-state index >= 15 is 0 Å². The monoisotopic (exact) mass is 331 g/mol. The Hall–Kier alpha value is -2.12. The summed E-state index contributed by atoms with van der Waals surface area (Å²) in [5.74, 6) is 0.917. The lowest BCUT2D eigenvalue weighted by Gasteiger charge is -2.08. The van der Waals surface area contributed by atoms with Crippen LogP contribution in [0.4, 0.5) is 17.5 Å². The molecule has 0 amide bonds. The van der Waals surface area contributed by atoms with Crippen LogP contribution in [0, 0.1) is 0 Å². The standard InChI is InChI=1S/C15H17N5S2/c1-3-10-21-11(2)20-22-13-6-4-12(5-7-13)18-14-8-9-17-15(16)19-14/h3-10,20H,2H2,1H3,(H3,16,17,18,19)/b10-3-. The zero-order valence-electron chi connectivity index (χ0n) is 12.1. The summed E-state index contributed by atoms with van der Waals surface area (Å²) in [5.41, 5.74) is 6.48. The number of thioether (sulfide) groups is 1. The fraction of sp³-hybridized carbons (Fsp3) is 0.0667. The van der Waals surface area contributed by atoms with Gasteiger partial charge in [0.25, 0.3) is 0 Å². The molecule has 4 N–H and O–H groups in total. The van der Waals surface area contributed by atoms with Gasteiger partial charge in [-0.2, -0.15) is 4.98 Å². The highest BCUT2D eigenvalue weighted by Gasteiger charge is 1.99. The van der Waals surface area contributed by atoms with E-state index in [9.17, 15) is 0 Å². The predicted molar refractivity (Wildman–Crippen MR) is 96.7 cm³/mol. The van der Waals surface area contributed by atoms with Crippen molar-refractivity contribution in [3.05, 3.63) is 59.6 Å². The highest BCUT2D eigenvalue weighted by Crippen LogP contribution is 2.23. The second-order valence-electron chi connectivity index (χ2n) is 4.16. The van der Waals surface area contributed by atoms with E-state index < -0.39 is 0 Å². The molecule has 2 aromatic rings. The van der Waals surface area contributed by atoms with Gasteiger partial charge in [-0.25, -0.2) is 4.98 Å². The van der Waals surface area contributed by atoms with Crippen LogP contribution in [0.2, 0.25) is 0 Å². The van der Waals surface area contributed by atoms with E-state index in [4.69, 9.17) is 5.73 Å². The Balaban J connectivity index is 1.89. The summed E-state index contributed by atoms with van der Waals surface area (Å²) in [6.45, 7) is 5.91. The van der Waals surface area contributed by atoms with Crippen molar-refractivity contribution in [1.29, 1.82) is 0 Å². The van der Waals surface area contributed by atoms with Gasteiger partial charge in [-0.3, -0.25) is 0 Å². The third-order valence-corrected chi connectivity index (χ3v) is 4.21. The zero-order chi connectivity index (χ0) is 15.8. The maximum Gasteiger partial charge on any atom is 0.221 e. The van der Waals surface area contributed by atoms with Gasteiger partial charge in [-0.05, 0) is 54.6 Å². The molecule has 1 heterocycles. The lowest BCUT2D eigenvalue weighted by atomic mass is 10.3. The molecule has 7 heteroatoms. The molecule has 0 bridgehead atoms. The molecule has 5 nitrogen and oxygen atoms in total. The van der Waals surface area contributed by atoms with Gasteiger partial charge in [0.05, 0.1) is 5.03 Å². The minimum atomic E-state index is 0.249. The highest BCUT2D eigenvalue weighted by molar-refractivity contribution is 8.07. The molecule has 0 saturated heterocycles. The lowest BCUT2D eigenvalue weighted by molar-refractivity contribution is 1.18. The molecule has 114 valence electrons. The Morgan fingerprint density at radius 1 is 1.27 bits per heavy atom. The summed E-state index contributed by atoms with van der Waals surface area (Å²) in [4.78, 5) is 9.05. The number of hydrogen-bond acceptors (Lipinski definition) is 7. The van der Waals surface area contributed by atoms with Crippen LogP contribution in [-0.4, -0.2) is 9.97 Å². The largest absolute Gasteiger partial charge is 0.368 e. The zero-order valence-corrected chi connectivity index (χ0v) is 13.7. The van der Waals surface area contributed by atoms with Gasteiger partial charge >= 0.3 is 0 Å². The summed E-state index contributed by atoms with van der Waals surface area (Å²) >= 11 is 3.08. The average molecular weight is 331 g/mol. The summed E-state index contributed by atoms with van der Waals surface area (Å²) < 4.78 is 3.19. The number of nitrogens with two attached hydrogens (primary N) is 1. The van der Waals surface area contributed by atoms with Crippen molar-refractivity contribution in [2.24, 2.45) is 0 Å². The molecular weight excluding hydrogens is 314 g/mol. The molecule has 0 fully saturated rings. The van der Waals surface area contributed by atoms with E-state index in [-0.39, 0.29) is 5.95 Å². The minimum absolute atomic E-state index is 0.249. The smallest absolute Gasteiger partial charge is 0.221 e. The number of nitrogens with one attached hydrogen (secondary N) is 2. The van der Waals surface area contributed by atoms with Crippen molar-refractivity contribution in [2.75, 3.05) is 11.1 Å². The number of anilines is 3. The first-order valence-corrected chi connectivity index (χ1v) is 8.22. The fourth-order valence-electron chi connectivity index (χ4n) is 1.49. The van der Waals surface area contributed by atoms with E-state index in [0.29, 0.717) is 5.82 Å². The number of nitrogen functional groups attached to an aromatic ring is 1. The molecule has 0 aliphatic carbocycles. The number of benzene rings is 1. The van der Waals surface area contributed by atoms with Gasteiger partial charge in [-0.15, -0.1) is 0 Å². The fourth-order valence-corrected chi connectivity index (χ4v) is 2.61. The third-order valence-electron chi connectivity index (χ3n) is 2.43. The molecule has 1 aromatic carbocycles. The molecule has 0 spiro atoms. The molecule has 0 atom stereocenters. The van der Waals surface area contributed by atoms with Crippen LogP contribution in [0.1, 0.15) is 6.92 Å². The maximum absolute atomic E-state index is 5.55. The van der Waals surface area contributed by atoms with Crippen molar-refractivity contribution in [1.82, 2.24) is 14.7 Å². The quantitative estimate of drug-likeness (QED) is 0.658. The van der Waals surface area contributed by atoms with E-state index in [0.717, 1.165) is 15.6 Å². The molecule has 22 heavy (non-hydrogen) atoms. The van der Waals surface area contributed by atoms with Crippen LogP contribution in [0.5, 0.6) is 0 Å². The van der Waals surface area contributed by atoms with Crippen molar-refractivity contribution >= 4 is 41.2 Å². The van der Waals surface area contributed by atoms with Gasteiger partial charge in [0.15, 0.2) is 0 Å². The Kier molecular flexibility index (Phi) is 6.17. The van der Waals surface area contributed by atoms with Gasteiger partial charge in [-0.1, -0.05) is 24.4 Å². The number of hydrogen-bond donors (Lipinski definition) is 3.